The summed E-state index contributed by atoms with van der Waals surface area (Å²) in [5, 5.41) is 22.1. The Kier molecular flexibility index (Phi) is 6.43. The average Bonchev–Trinajstić information content (AvgIpc) is 3.07. The van der Waals surface area contributed by atoms with Crippen molar-refractivity contribution in [2.45, 2.75) is 17.4 Å². The number of aliphatic hydroxyl groups excluding tert-OH is 1. The molecule has 3 rings (SSSR count). The highest BCUT2D eigenvalue weighted by Gasteiger charge is 2.11. The van der Waals surface area contributed by atoms with Crippen LogP contribution in [0.2, 0.25) is 0 Å². The lowest BCUT2D eigenvalue weighted by molar-refractivity contribution is 0.123. The molecule has 5 nitrogen and oxygen atoms in total. The number of nitrogens with one attached hydrogen (secondary N) is 1. The van der Waals surface area contributed by atoms with Crippen LogP contribution in [0.4, 0.5) is 15.2 Å². The van der Waals surface area contributed by atoms with E-state index in [1.807, 2.05) is 31.2 Å². The van der Waals surface area contributed by atoms with E-state index in [2.05, 4.69) is 15.5 Å². The summed E-state index contributed by atoms with van der Waals surface area (Å²) in [6, 6.07) is 14.1. The summed E-state index contributed by atoms with van der Waals surface area (Å²) in [7, 11) is 0. The van der Waals surface area contributed by atoms with Crippen molar-refractivity contribution >= 4 is 33.9 Å². The molecular formula is C18H18FN3O2S2. The number of ether oxygens (including phenoxy) is 1. The molecular weight excluding hydrogens is 373 g/mol. The molecule has 0 spiro atoms. The van der Waals surface area contributed by atoms with Crippen LogP contribution in [0.15, 0.2) is 52.9 Å². The third kappa shape index (κ3) is 5.42. The third-order valence-corrected chi connectivity index (χ3v) is 5.46. The van der Waals surface area contributed by atoms with Gasteiger partial charge in [0.25, 0.3) is 0 Å². The Balaban J connectivity index is 1.46. The van der Waals surface area contributed by atoms with Gasteiger partial charge in [-0.2, -0.15) is 0 Å². The zero-order valence-electron chi connectivity index (χ0n) is 14.1. The molecule has 0 bridgehead atoms. The lowest BCUT2D eigenvalue weighted by Crippen LogP contribution is -2.20. The molecule has 0 aliphatic carbocycles. The molecule has 136 valence electrons. The van der Waals surface area contributed by atoms with Crippen molar-refractivity contribution in [1.29, 1.82) is 0 Å². The summed E-state index contributed by atoms with van der Waals surface area (Å²) in [4.78, 5) is 0. The van der Waals surface area contributed by atoms with Crippen molar-refractivity contribution in [3.63, 3.8) is 0 Å². The molecule has 0 saturated heterocycles. The molecule has 0 unspecified atom stereocenters. The maximum absolute atomic E-state index is 13.5. The standard InChI is InChI=1S/C18H18FN3O2S2/c1-12-5-4-6-13(9-12)20-17-21-22-18(26-17)25-11-14(23)10-24-16-8-3-2-7-15(16)19/h2-9,14,23H,10-11H2,1H3,(H,20,21)/t14-/m0/s1. The van der Waals surface area contributed by atoms with Crippen LogP contribution in [0.5, 0.6) is 5.75 Å². The van der Waals surface area contributed by atoms with E-state index in [4.69, 9.17) is 4.74 Å². The molecule has 1 atom stereocenters. The highest BCUT2D eigenvalue weighted by Crippen LogP contribution is 2.28. The Morgan fingerprint density at radius 3 is 2.88 bits per heavy atom. The Bertz CT molecular complexity index is 860. The number of halogens is 1. The fourth-order valence-electron chi connectivity index (χ4n) is 2.13. The minimum absolute atomic E-state index is 0.0150. The smallest absolute Gasteiger partial charge is 0.210 e. The topological polar surface area (TPSA) is 67.3 Å². The highest BCUT2D eigenvalue weighted by molar-refractivity contribution is 8.01. The van der Waals surface area contributed by atoms with Crippen molar-refractivity contribution in [2.24, 2.45) is 0 Å². The Morgan fingerprint density at radius 2 is 2.08 bits per heavy atom. The number of anilines is 2. The van der Waals surface area contributed by atoms with Crippen molar-refractivity contribution in [3.8, 4) is 5.75 Å². The maximum atomic E-state index is 13.5. The highest BCUT2D eigenvalue weighted by atomic mass is 32.2. The largest absolute Gasteiger partial charge is 0.488 e. The molecule has 26 heavy (non-hydrogen) atoms. The van der Waals surface area contributed by atoms with Crippen LogP contribution in [0.25, 0.3) is 0 Å². The number of aliphatic hydroxyl groups is 1. The number of hydrogen-bond donors (Lipinski definition) is 2. The molecule has 0 fully saturated rings. The number of hydrogen-bond acceptors (Lipinski definition) is 7. The van der Waals surface area contributed by atoms with Gasteiger partial charge in [-0.25, -0.2) is 4.39 Å². The van der Waals surface area contributed by atoms with Crippen molar-refractivity contribution in [3.05, 3.63) is 59.9 Å². The van der Waals surface area contributed by atoms with Gasteiger partial charge in [-0.3, -0.25) is 0 Å². The van der Waals surface area contributed by atoms with Crippen LogP contribution in [0.3, 0.4) is 0 Å². The number of nitrogens with zero attached hydrogens (tertiary/aromatic N) is 2. The summed E-state index contributed by atoms with van der Waals surface area (Å²) in [6.45, 7) is 2.04. The molecule has 0 aliphatic rings. The van der Waals surface area contributed by atoms with Gasteiger partial charge in [-0.15, -0.1) is 10.2 Å². The SMILES string of the molecule is Cc1cccc(Nc2nnc(SC[C@@H](O)COc3ccccc3F)s2)c1. The van der Waals surface area contributed by atoms with Gasteiger partial charge in [0.05, 0.1) is 6.10 Å². The first-order valence-corrected chi connectivity index (χ1v) is 9.76. The minimum atomic E-state index is -0.739. The Hall–Kier alpha value is -2.16. The van der Waals surface area contributed by atoms with Gasteiger partial charge in [0.1, 0.15) is 6.61 Å². The molecule has 2 N–H and O–H groups in total. The van der Waals surface area contributed by atoms with E-state index in [0.29, 0.717) is 10.9 Å². The fourth-order valence-corrected chi connectivity index (χ4v) is 3.83. The zero-order valence-corrected chi connectivity index (χ0v) is 15.7. The lowest BCUT2D eigenvalue weighted by atomic mass is 10.2. The number of rotatable bonds is 8. The predicted molar refractivity (Wildman–Crippen MR) is 103 cm³/mol. The molecule has 0 amide bonds. The average molecular weight is 391 g/mol. The second-order valence-electron chi connectivity index (χ2n) is 5.57. The minimum Gasteiger partial charge on any atom is -0.488 e. The first-order valence-electron chi connectivity index (χ1n) is 7.95. The number of aryl methyl sites for hydroxylation is 1. The van der Waals surface area contributed by atoms with Crippen LogP contribution in [-0.4, -0.2) is 33.8 Å². The Labute approximate surface area is 159 Å². The van der Waals surface area contributed by atoms with E-state index in [1.165, 1.54) is 35.2 Å². The van der Waals surface area contributed by atoms with Gasteiger partial charge in [-0.1, -0.05) is 47.4 Å². The van der Waals surface area contributed by atoms with Crippen LogP contribution < -0.4 is 10.1 Å². The van der Waals surface area contributed by atoms with E-state index < -0.39 is 11.9 Å². The van der Waals surface area contributed by atoms with Crippen LogP contribution in [0, 0.1) is 12.7 Å². The van der Waals surface area contributed by atoms with Crippen molar-refractivity contribution < 1.29 is 14.2 Å². The van der Waals surface area contributed by atoms with Gasteiger partial charge in [-0.05, 0) is 36.8 Å². The summed E-state index contributed by atoms with van der Waals surface area (Å²) in [5.74, 6) is 0.0773. The summed E-state index contributed by atoms with van der Waals surface area (Å²) in [5.41, 5.74) is 2.11. The van der Waals surface area contributed by atoms with Crippen molar-refractivity contribution in [1.82, 2.24) is 10.2 Å². The molecule has 1 aromatic heterocycles. The quantitative estimate of drug-likeness (QED) is 0.559. The van der Waals surface area contributed by atoms with E-state index in [0.717, 1.165) is 15.6 Å². The molecule has 0 aliphatic heterocycles. The van der Waals surface area contributed by atoms with E-state index in [-0.39, 0.29) is 12.4 Å². The van der Waals surface area contributed by atoms with E-state index in [9.17, 15) is 9.50 Å². The van der Waals surface area contributed by atoms with Gasteiger partial charge in [0, 0.05) is 11.4 Å². The number of benzene rings is 2. The van der Waals surface area contributed by atoms with Gasteiger partial charge >= 0.3 is 0 Å². The number of para-hydroxylation sites is 1. The molecule has 0 radical (unpaired) electrons. The second-order valence-corrected chi connectivity index (χ2v) is 7.82. The predicted octanol–water partition coefficient (Wildman–Crippen LogP) is 4.26. The third-order valence-electron chi connectivity index (χ3n) is 3.34. The summed E-state index contributed by atoms with van der Waals surface area (Å²) in [6.07, 6.45) is -0.739. The first kappa shape index (κ1) is 18.6. The molecule has 0 saturated carbocycles. The lowest BCUT2D eigenvalue weighted by Gasteiger charge is -2.11. The zero-order chi connectivity index (χ0) is 18.4. The number of aromatic nitrogens is 2. The van der Waals surface area contributed by atoms with Gasteiger partial charge in [0.15, 0.2) is 15.9 Å². The van der Waals surface area contributed by atoms with Crippen LogP contribution >= 0.6 is 23.1 Å². The first-order chi connectivity index (χ1) is 12.6. The maximum Gasteiger partial charge on any atom is 0.210 e. The van der Waals surface area contributed by atoms with E-state index >= 15 is 0 Å². The second kappa shape index (κ2) is 8.98. The Morgan fingerprint density at radius 1 is 1.23 bits per heavy atom. The van der Waals surface area contributed by atoms with Crippen molar-refractivity contribution in [2.75, 3.05) is 17.7 Å². The monoisotopic (exact) mass is 391 g/mol. The normalized spacial score (nSPS) is 12.0. The molecule has 8 heteroatoms. The fraction of sp³-hybridized carbons (Fsp3) is 0.222. The molecule has 2 aromatic carbocycles. The van der Waals surface area contributed by atoms with E-state index in [1.54, 1.807) is 12.1 Å². The van der Waals surface area contributed by atoms with Gasteiger partial charge < -0.3 is 15.2 Å². The molecule has 1 heterocycles. The summed E-state index contributed by atoms with van der Waals surface area (Å²) < 4.78 is 19.5. The number of thioether (sulfide) groups is 1. The van der Waals surface area contributed by atoms with Gasteiger partial charge in [0.2, 0.25) is 5.13 Å². The molecule has 3 aromatic rings. The van der Waals surface area contributed by atoms with Crippen LogP contribution in [0.1, 0.15) is 5.56 Å². The summed E-state index contributed by atoms with van der Waals surface area (Å²) >= 11 is 2.79. The van der Waals surface area contributed by atoms with Crippen LogP contribution in [-0.2, 0) is 0 Å².